The maximum Gasteiger partial charge on any atom is 0.337 e. The molecule has 100 valence electrons. The smallest absolute Gasteiger partial charge is 0.337 e. The van der Waals surface area contributed by atoms with Crippen LogP contribution in [-0.2, 0) is 4.74 Å². The van der Waals surface area contributed by atoms with Crippen LogP contribution in [0, 0.1) is 13.8 Å². The van der Waals surface area contributed by atoms with Crippen LogP contribution in [0.1, 0.15) is 21.8 Å². The molecule has 6 heteroatoms. The number of rotatable bonds is 3. The van der Waals surface area contributed by atoms with E-state index in [0.717, 1.165) is 11.5 Å². The van der Waals surface area contributed by atoms with E-state index >= 15 is 0 Å². The van der Waals surface area contributed by atoms with Crippen molar-refractivity contribution in [1.29, 1.82) is 0 Å². The number of aromatic nitrogens is 1. The number of anilines is 1. The summed E-state index contributed by atoms with van der Waals surface area (Å²) in [7, 11) is 1.34. The van der Waals surface area contributed by atoms with Crippen LogP contribution in [0.3, 0.4) is 0 Å². The molecule has 0 saturated carbocycles. The number of nitrogens with two attached hydrogens (primary N) is 1. The molecule has 0 aliphatic heterocycles. The Morgan fingerprint density at radius 3 is 2.74 bits per heavy atom. The molecule has 19 heavy (non-hydrogen) atoms. The number of nitrogen functional groups attached to an aromatic ring is 1. The molecule has 2 rings (SSSR count). The fraction of sp³-hybridized carbons (Fsp3) is 0.231. The number of carbonyl (C=O) groups is 1. The van der Waals surface area contributed by atoms with Crippen LogP contribution < -0.4 is 5.73 Å². The number of methoxy groups -OCH3 is 1. The lowest BCUT2D eigenvalue weighted by molar-refractivity contribution is 0.0600. The topological polar surface area (TPSA) is 78.4 Å². The van der Waals surface area contributed by atoms with Gasteiger partial charge < -0.3 is 14.9 Å². The van der Waals surface area contributed by atoms with Crippen molar-refractivity contribution in [3.63, 3.8) is 0 Å². The Morgan fingerprint density at radius 2 is 2.16 bits per heavy atom. The summed E-state index contributed by atoms with van der Waals surface area (Å²) in [5, 5.41) is 0.503. The average Bonchev–Trinajstić information content (AvgIpc) is 2.70. The van der Waals surface area contributed by atoms with E-state index in [0.29, 0.717) is 21.4 Å². The van der Waals surface area contributed by atoms with Gasteiger partial charge in [0, 0.05) is 10.6 Å². The SMILES string of the molecule is COC(=O)c1ccc(N)c(Sc2nc(C)c(C)o2)c1. The summed E-state index contributed by atoms with van der Waals surface area (Å²) >= 11 is 1.28. The Hall–Kier alpha value is -1.95. The molecule has 0 radical (unpaired) electrons. The highest BCUT2D eigenvalue weighted by Gasteiger charge is 2.13. The lowest BCUT2D eigenvalue weighted by Gasteiger charge is -2.05. The molecule has 0 aliphatic rings. The van der Waals surface area contributed by atoms with Crippen LogP contribution in [0.25, 0.3) is 0 Å². The van der Waals surface area contributed by atoms with Gasteiger partial charge in [-0.25, -0.2) is 9.78 Å². The van der Waals surface area contributed by atoms with Crippen molar-refractivity contribution in [2.45, 2.75) is 24.0 Å². The summed E-state index contributed by atoms with van der Waals surface area (Å²) in [6.07, 6.45) is 0. The number of esters is 1. The second-order valence-corrected chi connectivity index (χ2v) is 4.96. The largest absolute Gasteiger partial charge is 0.465 e. The molecule has 1 aromatic heterocycles. The highest BCUT2D eigenvalue weighted by Crippen LogP contribution is 2.33. The molecule has 0 atom stereocenters. The quantitative estimate of drug-likeness (QED) is 0.687. The first-order chi connectivity index (χ1) is 9.01. The number of carbonyl (C=O) groups excluding carboxylic acids is 1. The standard InChI is InChI=1S/C13H14N2O3S/c1-7-8(2)18-13(15-7)19-11-6-9(12(16)17-3)4-5-10(11)14/h4-6H,14H2,1-3H3. The number of hydrogen-bond donors (Lipinski definition) is 1. The van der Waals surface area contributed by atoms with E-state index in [2.05, 4.69) is 9.72 Å². The molecule has 2 aromatic rings. The van der Waals surface area contributed by atoms with Crippen molar-refractivity contribution < 1.29 is 13.9 Å². The van der Waals surface area contributed by atoms with Crippen molar-refractivity contribution in [1.82, 2.24) is 4.98 Å². The van der Waals surface area contributed by atoms with Gasteiger partial charge in [-0.3, -0.25) is 0 Å². The first kappa shape index (κ1) is 13.5. The first-order valence-corrected chi connectivity index (χ1v) is 6.42. The van der Waals surface area contributed by atoms with Gasteiger partial charge in [-0.05, 0) is 43.8 Å². The van der Waals surface area contributed by atoms with E-state index in [1.54, 1.807) is 18.2 Å². The molecule has 0 saturated heterocycles. The van der Waals surface area contributed by atoms with E-state index in [4.69, 9.17) is 10.2 Å². The third-order valence-corrected chi connectivity index (χ3v) is 3.56. The van der Waals surface area contributed by atoms with Crippen molar-refractivity contribution in [3.8, 4) is 0 Å². The highest BCUT2D eigenvalue weighted by molar-refractivity contribution is 7.99. The summed E-state index contributed by atoms with van der Waals surface area (Å²) in [5.41, 5.74) is 7.72. The molecule has 2 N–H and O–H groups in total. The zero-order chi connectivity index (χ0) is 14.0. The molecule has 1 aromatic carbocycles. The van der Waals surface area contributed by atoms with Crippen LogP contribution >= 0.6 is 11.8 Å². The fourth-order valence-electron chi connectivity index (χ4n) is 1.45. The van der Waals surface area contributed by atoms with E-state index in [9.17, 15) is 4.79 Å². The number of benzene rings is 1. The summed E-state index contributed by atoms with van der Waals surface area (Å²) in [5.74, 6) is 0.367. The summed E-state index contributed by atoms with van der Waals surface area (Å²) in [4.78, 5) is 16.5. The average molecular weight is 278 g/mol. The van der Waals surface area contributed by atoms with Gasteiger partial charge in [0.1, 0.15) is 5.76 Å². The Kier molecular flexibility index (Phi) is 3.80. The van der Waals surface area contributed by atoms with Gasteiger partial charge in [-0.2, -0.15) is 0 Å². The van der Waals surface area contributed by atoms with Gasteiger partial charge in [-0.1, -0.05) is 0 Å². The molecular formula is C13H14N2O3S. The predicted molar refractivity (Wildman–Crippen MR) is 72.3 cm³/mol. The third-order valence-electron chi connectivity index (χ3n) is 2.64. The lowest BCUT2D eigenvalue weighted by atomic mass is 10.2. The monoisotopic (exact) mass is 278 g/mol. The minimum Gasteiger partial charge on any atom is -0.465 e. The number of hydrogen-bond acceptors (Lipinski definition) is 6. The summed E-state index contributed by atoms with van der Waals surface area (Å²) in [6.45, 7) is 3.72. The Bertz CT molecular complexity index is 603. The van der Waals surface area contributed by atoms with Gasteiger partial charge >= 0.3 is 5.97 Å². The molecule has 1 heterocycles. The van der Waals surface area contributed by atoms with E-state index in [-0.39, 0.29) is 0 Å². The summed E-state index contributed by atoms with van der Waals surface area (Å²) < 4.78 is 10.2. The molecule has 0 spiro atoms. The maximum atomic E-state index is 11.5. The van der Waals surface area contributed by atoms with Gasteiger partial charge in [0.05, 0.1) is 18.4 Å². The Balaban J connectivity index is 2.31. The molecule has 0 amide bonds. The van der Waals surface area contributed by atoms with Crippen molar-refractivity contribution in [2.75, 3.05) is 12.8 Å². The van der Waals surface area contributed by atoms with Crippen LogP contribution in [0.4, 0.5) is 5.69 Å². The second kappa shape index (κ2) is 5.36. The lowest BCUT2D eigenvalue weighted by Crippen LogP contribution is -2.02. The van der Waals surface area contributed by atoms with Gasteiger partial charge in [0.2, 0.25) is 0 Å². The zero-order valence-corrected chi connectivity index (χ0v) is 11.7. The van der Waals surface area contributed by atoms with Crippen molar-refractivity contribution in [2.24, 2.45) is 0 Å². The predicted octanol–water partition coefficient (Wildman–Crippen LogP) is 2.81. The van der Waals surface area contributed by atoms with Crippen molar-refractivity contribution in [3.05, 3.63) is 35.2 Å². The fourth-order valence-corrected chi connectivity index (χ4v) is 2.36. The van der Waals surface area contributed by atoms with Gasteiger partial charge in [0.25, 0.3) is 5.22 Å². The Labute approximate surface area is 115 Å². The highest BCUT2D eigenvalue weighted by atomic mass is 32.2. The van der Waals surface area contributed by atoms with Crippen LogP contribution in [0.2, 0.25) is 0 Å². The maximum absolute atomic E-state index is 11.5. The third kappa shape index (κ3) is 2.90. The first-order valence-electron chi connectivity index (χ1n) is 5.61. The van der Waals surface area contributed by atoms with E-state index in [1.807, 2.05) is 13.8 Å². The molecule has 0 aliphatic carbocycles. The zero-order valence-electron chi connectivity index (χ0n) is 10.9. The minimum atomic E-state index is -0.401. The molecule has 0 unspecified atom stereocenters. The molecular weight excluding hydrogens is 264 g/mol. The number of oxazole rings is 1. The van der Waals surface area contributed by atoms with Crippen LogP contribution in [0.5, 0.6) is 0 Å². The minimum absolute atomic E-state index is 0.401. The van der Waals surface area contributed by atoms with Gasteiger partial charge in [0.15, 0.2) is 0 Å². The second-order valence-electron chi connectivity index (χ2n) is 3.97. The number of nitrogens with zero attached hydrogens (tertiary/aromatic N) is 1. The normalized spacial score (nSPS) is 10.5. The number of aryl methyl sites for hydroxylation is 2. The van der Waals surface area contributed by atoms with Gasteiger partial charge in [-0.15, -0.1) is 0 Å². The van der Waals surface area contributed by atoms with E-state index < -0.39 is 5.97 Å². The number of ether oxygens (including phenoxy) is 1. The van der Waals surface area contributed by atoms with Crippen LogP contribution in [0.15, 0.2) is 32.7 Å². The molecule has 0 bridgehead atoms. The molecule has 5 nitrogen and oxygen atoms in total. The molecule has 0 fully saturated rings. The summed E-state index contributed by atoms with van der Waals surface area (Å²) in [6, 6.07) is 4.95. The van der Waals surface area contributed by atoms with E-state index in [1.165, 1.54) is 18.9 Å². The van der Waals surface area contributed by atoms with Crippen LogP contribution in [-0.4, -0.2) is 18.1 Å². The van der Waals surface area contributed by atoms with Crippen molar-refractivity contribution >= 4 is 23.4 Å². The Morgan fingerprint density at radius 1 is 1.42 bits per heavy atom.